The van der Waals surface area contributed by atoms with Gasteiger partial charge in [-0.1, -0.05) is 0 Å². The van der Waals surface area contributed by atoms with E-state index in [-0.39, 0.29) is 0 Å². The highest BCUT2D eigenvalue weighted by atomic mass is 32.1. The van der Waals surface area contributed by atoms with Gasteiger partial charge in [0.25, 0.3) is 0 Å². The highest BCUT2D eigenvalue weighted by Crippen LogP contribution is 2.19. The molecule has 0 bridgehead atoms. The van der Waals surface area contributed by atoms with Crippen LogP contribution in [0.5, 0.6) is 0 Å². The number of Topliss-reactive ketones (excluding diaryl/α,β-unsaturated/α-hetero) is 1. The number of ketones is 1. The normalized spacial score (nSPS) is 18.4. The Labute approximate surface area is 82.2 Å². The van der Waals surface area contributed by atoms with Gasteiger partial charge in [-0.15, -0.1) is 11.3 Å². The van der Waals surface area contributed by atoms with E-state index in [1.54, 1.807) is 11.3 Å². The molecule has 1 aromatic heterocycles. The molecule has 1 aromatic rings. The molecule has 1 fully saturated rings. The van der Waals surface area contributed by atoms with Crippen LogP contribution in [0, 0.1) is 6.92 Å². The fourth-order valence-corrected chi connectivity index (χ4v) is 2.54. The maximum Gasteiger partial charge on any atom is 0.148 e. The molecule has 0 atom stereocenters. The Morgan fingerprint density at radius 3 is 3.00 bits per heavy atom. The van der Waals surface area contributed by atoms with Crippen molar-refractivity contribution < 1.29 is 4.79 Å². The summed E-state index contributed by atoms with van der Waals surface area (Å²) in [5.74, 6) is 0.384. The molecule has 0 saturated carbocycles. The Bertz CT molecular complexity index is 318. The summed E-state index contributed by atoms with van der Waals surface area (Å²) in [5.41, 5.74) is 1.35. The Hall–Kier alpha value is -0.670. The molecule has 1 aliphatic rings. The molecular weight excluding hydrogens is 182 g/mol. The quantitative estimate of drug-likeness (QED) is 0.717. The smallest absolute Gasteiger partial charge is 0.148 e. The molecule has 13 heavy (non-hydrogen) atoms. The number of hydrogen-bond donors (Lipinski definition) is 0. The van der Waals surface area contributed by atoms with E-state index < -0.39 is 0 Å². The summed E-state index contributed by atoms with van der Waals surface area (Å²) in [5, 5.41) is 2.11. The minimum Gasteiger partial charge on any atom is -0.298 e. The number of aryl methyl sites for hydroxylation is 1. The SMILES string of the molecule is Cc1ccsc1CN1CCC(=O)C1. The first-order valence-corrected chi connectivity index (χ1v) is 5.40. The third-order valence-corrected chi connectivity index (χ3v) is 3.45. The lowest BCUT2D eigenvalue weighted by Gasteiger charge is -2.12. The number of nitrogens with zero attached hydrogens (tertiary/aromatic N) is 1. The molecule has 0 radical (unpaired) electrons. The molecule has 0 spiro atoms. The van der Waals surface area contributed by atoms with Crippen LogP contribution in [0.4, 0.5) is 0 Å². The van der Waals surface area contributed by atoms with Crippen LogP contribution in [-0.4, -0.2) is 23.8 Å². The average Bonchev–Trinajstić information content (AvgIpc) is 2.64. The van der Waals surface area contributed by atoms with Crippen LogP contribution < -0.4 is 0 Å². The minimum absolute atomic E-state index is 0.384. The van der Waals surface area contributed by atoms with Crippen molar-refractivity contribution in [2.75, 3.05) is 13.1 Å². The Kier molecular flexibility index (Phi) is 2.47. The van der Waals surface area contributed by atoms with Gasteiger partial charge in [0.2, 0.25) is 0 Å². The van der Waals surface area contributed by atoms with Crippen LogP contribution >= 0.6 is 11.3 Å². The molecule has 2 nitrogen and oxygen atoms in total. The maximum atomic E-state index is 11.0. The van der Waals surface area contributed by atoms with Gasteiger partial charge in [0.15, 0.2) is 0 Å². The van der Waals surface area contributed by atoms with Gasteiger partial charge >= 0.3 is 0 Å². The summed E-state index contributed by atoms with van der Waals surface area (Å²) in [7, 11) is 0. The highest BCUT2D eigenvalue weighted by Gasteiger charge is 2.19. The lowest BCUT2D eigenvalue weighted by molar-refractivity contribution is -0.116. The number of thiophene rings is 1. The van der Waals surface area contributed by atoms with E-state index in [1.807, 2.05) is 0 Å². The third kappa shape index (κ3) is 1.98. The minimum atomic E-state index is 0.384. The van der Waals surface area contributed by atoms with Crippen LogP contribution in [0.25, 0.3) is 0 Å². The topological polar surface area (TPSA) is 20.3 Å². The summed E-state index contributed by atoms with van der Waals surface area (Å²) in [6.45, 7) is 4.67. The fourth-order valence-electron chi connectivity index (χ4n) is 1.59. The van der Waals surface area contributed by atoms with Crippen LogP contribution in [0.15, 0.2) is 11.4 Å². The van der Waals surface area contributed by atoms with Gasteiger partial charge < -0.3 is 0 Å². The van der Waals surface area contributed by atoms with Crippen LogP contribution in [-0.2, 0) is 11.3 Å². The Morgan fingerprint density at radius 1 is 1.62 bits per heavy atom. The van der Waals surface area contributed by atoms with Gasteiger partial charge in [-0.3, -0.25) is 9.69 Å². The van der Waals surface area contributed by atoms with E-state index in [2.05, 4.69) is 23.3 Å². The molecular formula is C10H13NOS. The molecule has 1 saturated heterocycles. The van der Waals surface area contributed by atoms with Crippen LogP contribution in [0.1, 0.15) is 16.9 Å². The van der Waals surface area contributed by atoms with Crippen molar-refractivity contribution in [2.45, 2.75) is 19.9 Å². The van der Waals surface area contributed by atoms with E-state index in [1.165, 1.54) is 10.4 Å². The second kappa shape index (κ2) is 3.60. The first-order valence-electron chi connectivity index (χ1n) is 4.53. The van der Waals surface area contributed by atoms with Gasteiger partial charge in [0.05, 0.1) is 6.54 Å². The zero-order valence-electron chi connectivity index (χ0n) is 7.75. The second-order valence-corrected chi connectivity index (χ2v) is 4.53. The molecule has 70 valence electrons. The molecule has 0 N–H and O–H groups in total. The Morgan fingerprint density at radius 2 is 2.46 bits per heavy atom. The molecule has 1 aliphatic heterocycles. The number of rotatable bonds is 2. The second-order valence-electron chi connectivity index (χ2n) is 3.53. The lowest BCUT2D eigenvalue weighted by Crippen LogP contribution is -2.19. The maximum absolute atomic E-state index is 11.0. The molecule has 2 rings (SSSR count). The first-order chi connectivity index (χ1) is 6.25. The van der Waals surface area contributed by atoms with E-state index in [9.17, 15) is 4.79 Å². The van der Waals surface area contributed by atoms with Crippen molar-refractivity contribution in [1.29, 1.82) is 0 Å². The van der Waals surface area contributed by atoms with Crippen molar-refractivity contribution in [3.8, 4) is 0 Å². The van der Waals surface area contributed by atoms with E-state index in [4.69, 9.17) is 0 Å². The Balaban J connectivity index is 1.99. The van der Waals surface area contributed by atoms with Crippen molar-refractivity contribution in [1.82, 2.24) is 4.90 Å². The summed E-state index contributed by atoms with van der Waals surface area (Å²) >= 11 is 1.78. The van der Waals surface area contributed by atoms with Crippen LogP contribution in [0.2, 0.25) is 0 Å². The van der Waals surface area contributed by atoms with Crippen molar-refractivity contribution in [2.24, 2.45) is 0 Å². The van der Waals surface area contributed by atoms with Crippen molar-refractivity contribution in [3.05, 3.63) is 21.9 Å². The molecule has 0 aliphatic carbocycles. The zero-order chi connectivity index (χ0) is 9.26. The molecule has 0 unspecified atom stereocenters. The fraction of sp³-hybridized carbons (Fsp3) is 0.500. The van der Waals surface area contributed by atoms with E-state index in [0.29, 0.717) is 12.3 Å². The monoisotopic (exact) mass is 195 g/mol. The van der Waals surface area contributed by atoms with Crippen molar-refractivity contribution in [3.63, 3.8) is 0 Å². The highest BCUT2D eigenvalue weighted by molar-refractivity contribution is 7.10. The van der Waals surface area contributed by atoms with Gasteiger partial charge in [-0.25, -0.2) is 0 Å². The van der Waals surface area contributed by atoms with E-state index in [0.717, 1.165) is 19.5 Å². The molecule has 2 heterocycles. The van der Waals surface area contributed by atoms with Crippen molar-refractivity contribution >= 4 is 17.1 Å². The largest absolute Gasteiger partial charge is 0.298 e. The molecule has 0 aromatic carbocycles. The number of carbonyl (C=O) groups is 1. The van der Waals surface area contributed by atoms with Gasteiger partial charge in [0, 0.05) is 24.4 Å². The summed E-state index contributed by atoms with van der Waals surface area (Å²) in [6.07, 6.45) is 0.740. The van der Waals surface area contributed by atoms with Gasteiger partial charge in [0.1, 0.15) is 5.78 Å². The third-order valence-electron chi connectivity index (χ3n) is 2.44. The average molecular weight is 195 g/mol. The predicted octanol–water partition coefficient (Wildman–Crippen LogP) is 1.83. The first kappa shape index (κ1) is 8.91. The van der Waals surface area contributed by atoms with Gasteiger partial charge in [-0.05, 0) is 23.9 Å². The number of carbonyl (C=O) groups excluding carboxylic acids is 1. The predicted molar refractivity (Wildman–Crippen MR) is 54.0 cm³/mol. The lowest BCUT2D eigenvalue weighted by atomic mass is 10.3. The summed E-state index contributed by atoms with van der Waals surface area (Å²) < 4.78 is 0. The van der Waals surface area contributed by atoms with E-state index >= 15 is 0 Å². The standard InChI is InChI=1S/C10H13NOS/c1-8-3-5-13-10(8)7-11-4-2-9(12)6-11/h3,5H,2,4,6-7H2,1H3. The zero-order valence-corrected chi connectivity index (χ0v) is 8.56. The summed E-state index contributed by atoms with van der Waals surface area (Å²) in [4.78, 5) is 14.6. The molecule has 3 heteroatoms. The van der Waals surface area contributed by atoms with Gasteiger partial charge in [-0.2, -0.15) is 0 Å². The summed E-state index contributed by atoms with van der Waals surface area (Å²) in [6, 6.07) is 2.14. The number of hydrogen-bond acceptors (Lipinski definition) is 3. The van der Waals surface area contributed by atoms with Crippen LogP contribution in [0.3, 0.4) is 0 Å². The number of likely N-dealkylation sites (tertiary alicyclic amines) is 1. The molecule has 0 amide bonds.